The van der Waals surface area contributed by atoms with E-state index in [0.29, 0.717) is 0 Å². The van der Waals surface area contributed by atoms with E-state index >= 15 is 0 Å². The van der Waals surface area contributed by atoms with E-state index in [1.807, 2.05) is 68.7 Å². The second kappa shape index (κ2) is 19.0. The van der Waals surface area contributed by atoms with Gasteiger partial charge in [0.1, 0.15) is 11.6 Å². The van der Waals surface area contributed by atoms with Gasteiger partial charge in [0.05, 0.1) is 12.8 Å². The second-order valence-electron chi connectivity index (χ2n) is 15.9. The van der Waals surface area contributed by atoms with Gasteiger partial charge >= 0.3 is 0 Å². The molecule has 0 atom stereocenters. The number of rotatable bonds is 12. The number of aryl methyl sites for hydroxylation is 3. The fraction of sp³-hybridized carbons (Fsp3) is 0.0690. The Balaban J connectivity index is 1.21. The molecular formula is C58H46FN5O. The van der Waals surface area contributed by atoms with Gasteiger partial charge < -0.3 is 9.64 Å². The highest BCUT2D eigenvalue weighted by Crippen LogP contribution is 2.43. The van der Waals surface area contributed by atoms with Crippen LogP contribution in [0.15, 0.2) is 195 Å². The average Bonchev–Trinajstić information content (AvgIpc) is 3.33. The highest BCUT2D eigenvalue weighted by Gasteiger charge is 2.20. The topological polar surface area (TPSA) is 64.0 Å². The third kappa shape index (κ3) is 9.41. The van der Waals surface area contributed by atoms with Crippen LogP contribution < -0.4 is 9.64 Å². The van der Waals surface area contributed by atoms with Crippen molar-refractivity contribution in [3.63, 3.8) is 0 Å². The number of allylic oxidation sites excluding steroid dienone is 2. The molecule has 0 saturated carbocycles. The molecular weight excluding hydrogens is 802 g/mol. The molecule has 0 aliphatic carbocycles. The molecule has 0 aliphatic heterocycles. The predicted octanol–water partition coefficient (Wildman–Crippen LogP) is 14.4. The van der Waals surface area contributed by atoms with E-state index in [4.69, 9.17) is 4.74 Å². The molecule has 4 heterocycles. The molecule has 0 radical (unpaired) electrons. The average molecular weight is 848 g/mol. The first-order chi connectivity index (χ1) is 31.8. The highest BCUT2D eigenvalue weighted by molar-refractivity contribution is 6.05. The Morgan fingerprint density at radius 3 is 1.78 bits per heavy atom. The summed E-state index contributed by atoms with van der Waals surface area (Å²) in [5.74, 6) is 0.440. The lowest BCUT2D eigenvalue weighted by molar-refractivity contribution is 0.414. The van der Waals surface area contributed by atoms with Gasteiger partial charge in [-0.3, -0.25) is 19.9 Å². The highest BCUT2D eigenvalue weighted by atomic mass is 19.1. The molecule has 0 amide bonds. The molecule has 0 fully saturated rings. The minimum absolute atomic E-state index is 0.280. The monoisotopic (exact) mass is 847 g/mol. The van der Waals surface area contributed by atoms with E-state index in [1.54, 1.807) is 44.0 Å². The molecule has 0 N–H and O–H groups in total. The van der Waals surface area contributed by atoms with Crippen LogP contribution in [0.3, 0.4) is 0 Å². The van der Waals surface area contributed by atoms with Gasteiger partial charge in [0.25, 0.3) is 0 Å². The van der Waals surface area contributed by atoms with E-state index in [9.17, 15) is 4.39 Å². The smallest absolute Gasteiger partial charge is 0.128 e. The summed E-state index contributed by atoms with van der Waals surface area (Å²) >= 11 is 0. The summed E-state index contributed by atoms with van der Waals surface area (Å²) in [7, 11) is 1.72. The summed E-state index contributed by atoms with van der Waals surface area (Å²) in [6, 6.07) is 48.7. The van der Waals surface area contributed by atoms with Crippen LogP contribution in [0.2, 0.25) is 0 Å². The van der Waals surface area contributed by atoms with Crippen molar-refractivity contribution in [3.05, 3.63) is 251 Å². The molecule has 0 bridgehead atoms. The van der Waals surface area contributed by atoms with Crippen molar-refractivity contribution < 1.29 is 9.13 Å². The van der Waals surface area contributed by atoms with Crippen LogP contribution in [0.5, 0.6) is 5.75 Å². The molecule has 9 rings (SSSR count). The van der Waals surface area contributed by atoms with Crippen LogP contribution in [0.25, 0.3) is 45.2 Å². The van der Waals surface area contributed by atoms with Crippen LogP contribution >= 0.6 is 0 Å². The molecule has 7 heteroatoms. The number of fused-ring (bicyclic) bond motifs is 1. The van der Waals surface area contributed by atoms with E-state index in [-0.39, 0.29) is 5.82 Å². The van der Waals surface area contributed by atoms with Crippen molar-refractivity contribution in [1.82, 2.24) is 19.9 Å². The Labute approximate surface area is 379 Å². The van der Waals surface area contributed by atoms with Crippen LogP contribution in [-0.4, -0.2) is 27.0 Å². The Bertz CT molecular complexity index is 3150. The Hall–Kier alpha value is -8.29. The van der Waals surface area contributed by atoms with Crippen molar-refractivity contribution >= 4 is 51.1 Å². The summed E-state index contributed by atoms with van der Waals surface area (Å²) < 4.78 is 20.9. The maximum Gasteiger partial charge on any atom is 0.128 e. The van der Waals surface area contributed by atoms with Gasteiger partial charge in [0, 0.05) is 77.0 Å². The SMILES string of the molecule is COc1cc(N(c2ccc(C)cc2)c2ccc(C=CC=C(c3ccncc3)c3ccncc3)c3cc(-c4cccc(F)c4)ccc23)ccc1C=C(c1ccnc(C)c1)c1ccnc(C)c1. The minimum atomic E-state index is -0.280. The van der Waals surface area contributed by atoms with Crippen LogP contribution in [0, 0.1) is 26.6 Å². The van der Waals surface area contributed by atoms with Crippen LogP contribution in [0.4, 0.5) is 21.5 Å². The normalized spacial score (nSPS) is 11.1. The fourth-order valence-electron chi connectivity index (χ4n) is 8.21. The van der Waals surface area contributed by atoms with Gasteiger partial charge in [-0.2, -0.15) is 0 Å². The van der Waals surface area contributed by atoms with Gasteiger partial charge in [0.15, 0.2) is 0 Å². The molecule has 5 aromatic carbocycles. The van der Waals surface area contributed by atoms with Gasteiger partial charge in [0.2, 0.25) is 0 Å². The zero-order valence-electron chi connectivity index (χ0n) is 36.7. The zero-order valence-corrected chi connectivity index (χ0v) is 36.7. The number of pyridine rings is 4. The van der Waals surface area contributed by atoms with Crippen molar-refractivity contribution in [2.45, 2.75) is 20.8 Å². The summed E-state index contributed by atoms with van der Waals surface area (Å²) in [5, 5.41) is 2.03. The lowest BCUT2D eigenvalue weighted by atomic mass is 9.95. The number of ether oxygens (including phenoxy) is 1. The molecule has 0 saturated heterocycles. The van der Waals surface area contributed by atoms with Crippen LogP contribution in [-0.2, 0) is 0 Å². The lowest BCUT2D eigenvalue weighted by Crippen LogP contribution is -2.11. The number of halogens is 1. The van der Waals surface area contributed by atoms with E-state index in [0.717, 1.165) is 106 Å². The second-order valence-corrected chi connectivity index (χ2v) is 15.9. The third-order valence-electron chi connectivity index (χ3n) is 11.4. The molecule has 65 heavy (non-hydrogen) atoms. The zero-order chi connectivity index (χ0) is 44.7. The van der Waals surface area contributed by atoms with Crippen molar-refractivity contribution in [1.29, 1.82) is 0 Å². The summed E-state index contributed by atoms with van der Waals surface area (Å²) in [4.78, 5) is 19.7. The van der Waals surface area contributed by atoms with Gasteiger partial charge in [-0.15, -0.1) is 0 Å². The minimum Gasteiger partial charge on any atom is -0.496 e. The van der Waals surface area contributed by atoms with Gasteiger partial charge in [-0.1, -0.05) is 66.3 Å². The Morgan fingerprint density at radius 2 is 1.15 bits per heavy atom. The lowest BCUT2D eigenvalue weighted by Gasteiger charge is -2.28. The van der Waals surface area contributed by atoms with E-state index < -0.39 is 0 Å². The number of anilines is 3. The molecule has 0 unspecified atom stereocenters. The Morgan fingerprint density at radius 1 is 0.538 bits per heavy atom. The van der Waals surface area contributed by atoms with Crippen molar-refractivity contribution in [2.75, 3.05) is 12.0 Å². The van der Waals surface area contributed by atoms with Crippen molar-refractivity contribution in [3.8, 4) is 16.9 Å². The number of methoxy groups -OCH3 is 1. The quantitative estimate of drug-likeness (QED) is 0.114. The molecule has 4 aromatic heterocycles. The van der Waals surface area contributed by atoms with Crippen molar-refractivity contribution in [2.24, 2.45) is 0 Å². The number of hydrogen-bond donors (Lipinski definition) is 0. The van der Waals surface area contributed by atoms with Gasteiger partial charge in [-0.05, 0) is 179 Å². The standard InChI is InChI=1S/C58H46FN5O/c1-39-11-16-51(17-12-39)64(52-18-13-49(58(38-52)65-4)37-55(47-25-31-62-40(2)33-47)48-26-32-63-41(3)34-48)57-20-15-42(56-36-46(14-19-54(56)57)45-8-5-9-50(59)35-45)7-6-10-53(43-21-27-60-28-22-43)44-23-29-61-30-24-44/h5-38H,1-4H3. The molecule has 9 aromatic rings. The fourth-order valence-corrected chi connectivity index (χ4v) is 8.21. The van der Waals surface area contributed by atoms with E-state index in [1.165, 1.54) is 6.07 Å². The maximum absolute atomic E-state index is 14.7. The first-order valence-corrected chi connectivity index (χ1v) is 21.5. The molecule has 6 nitrogen and oxygen atoms in total. The van der Waals surface area contributed by atoms with Crippen LogP contribution in [0.1, 0.15) is 50.3 Å². The number of benzene rings is 5. The Kier molecular flexibility index (Phi) is 12.3. The summed E-state index contributed by atoms with van der Waals surface area (Å²) in [6.07, 6.45) is 19.4. The molecule has 316 valence electrons. The largest absolute Gasteiger partial charge is 0.496 e. The molecule has 0 spiro atoms. The molecule has 0 aliphatic rings. The first kappa shape index (κ1) is 42.0. The number of nitrogens with zero attached hydrogens (tertiary/aromatic N) is 5. The maximum atomic E-state index is 14.7. The third-order valence-corrected chi connectivity index (χ3v) is 11.4. The van der Waals surface area contributed by atoms with E-state index in [2.05, 4.69) is 141 Å². The summed E-state index contributed by atoms with van der Waals surface area (Å²) in [6.45, 7) is 6.10. The van der Waals surface area contributed by atoms with Gasteiger partial charge in [-0.25, -0.2) is 4.39 Å². The first-order valence-electron chi connectivity index (χ1n) is 21.5. The summed E-state index contributed by atoms with van der Waals surface area (Å²) in [5.41, 5.74) is 15.8. The predicted molar refractivity (Wildman–Crippen MR) is 265 cm³/mol. The number of hydrogen-bond acceptors (Lipinski definition) is 6. The number of aromatic nitrogens is 4.